The van der Waals surface area contributed by atoms with Gasteiger partial charge in [-0.2, -0.15) is 0 Å². The van der Waals surface area contributed by atoms with Crippen molar-refractivity contribution in [3.05, 3.63) is 35.8 Å². The molecule has 1 aromatic heterocycles. The number of likely N-dealkylation sites (tertiary alicyclic amines) is 2. The number of carbonyl (C=O) groups excluding carboxylic acids is 2. The number of hydrogen-bond acceptors (Lipinski definition) is 4. The summed E-state index contributed by atoms with van der Waals surface area (Å²) in [7, 11) is 1.77. The quantitative estimate of drug-likeness (QED) is 0.529. The number of hydrogen-bond donors (Lipinski definition) is 3. The van der Waals surface area contributed by atoms with Gasteiger partial charge in [-0.3, -0.25) is 14.5 Å². The average molecular weight is 512 g/mol. The number of nitrogens with one attached hydrogen (secondary N) is 3. The summed E-state index contributed by atoms with van der Waals surface area (Å²) in [5.41, 5.74) is 1.51. The summed E-state index contributed by atoms with van der Waals surface area (Å²) >= 11 is 0. The number of H-pyrrole nitrogens is 1. The molecule has 2 saturated heterocycles. The van der Waals surface area contributed by atoms with Crippen LogP contribution in [0.2, 0.25) is 0 Å². The molecule has 1 aliphatic carbocycles. The Bertz CT molecular complexity index is 1140. The molecule has 1 saturated carbocycles. The Kier molecular flexibility index (Phi) is 7.33. The Hall–Kier alpha value is -2.45. The minimum atomic E-state index is -0.507. The monoisotopic (exact) mass is 511 g/mol. The number of aromatic amines is 1. The normalized spacial score (nSPS) is 28.4. The van der Waals surface area contributed by atoms with Gasteiger partial charge in [0.15, 0.2) is 0 Å². The van der Waals surface area contributed by atoms with E-state index in [-0.39, 0.29) is 41.6 Å². The number of halogens is 1. The number of fused-ring (bicyclic) bond motifs is 2. The van der Waals surface area contributed by atoms with E-state index in [0.29, 0.717) is 6.54 Å². The van der Waals surface area contributed by atoms with Crippen LogP contribution in [0.1, 0.15) is 70.8 Å². The van der Waals surface area contributed by atoms with Gasteiger partial charge in [-0.25, -0.2) is 4.39 Å². The maximum Gasteiger partial charge on any atom is 0.245 e. The van der Waals surface area contributed by atoms with Crippen molar-refractivity contribution in [2.45, 2.75) is 88.9 Å². The molecule has 3 heterocycles. The Morgan fingerprint density at radius 3 is 2.68 bits per heavy atom. The van der Waals surface area contributed by atoms with Crippen LogP contribution >= 0.6 is 0 Å². The highest BCUT2D eigenvalue weighted by molar-refractivity contribution is 5.91. The summed E-state index contributed by atoms with van der Waals surface area (Å²) < 4.78 is 13.9. The van der Waals surface area contributed by atoms with E-state index in [2.05, 4.69) is 39.3 Å². The minimum Gasteiger partial charge on any atom is -0.361 e. The fourth-order valence-electron chi connectivity index (χ4n) is 7.43. The van der Waals surface area contributed by atoms with Crippen LogP contribution in [-0.4, -0.2) is 76.9 Å². The smallest absolute Gasteiger partial charge is 0.245 e. The predicted octanol–water partition coefficient (Wildman–Crippen LogP) is 3.76. The number of carbonyl (C=O) groups is 2. The molecular formula is C29H42FN5O2. The molecule has 7 nitrogen and oxygen atoms in total. The molecule has 2 amide bonds. The minimum absolute atomic E-state index is 0.0578. The van der Waals surface area contributed by atoms with Gasteiger partial charge in [0, 0.05) is 42.1 Å². The molecule has 8 heteroatoms. The molecule has 3 fully saturated rings. The Morgan fingerprint density at radius 1 is 1.22 bits per heavy atom. The van der Waals surface area contributed by atoms with Crippen LogP contribution in [0.4, 0.5) is 4.39 Å². The second kappa shape index (κ2) is 10.4. The fourth-order valence-corrected chi connectivity index (χ4v) is 7.43. The van der Waals surface area contributed by atoms with E-state index >= 15 is 0 Å². The highest BCUT2D eigenvalue weighted by atomic mass is 19.1. The molecule has 2 aromatic rings. The van der Waals surface area contributed by atoms with Crippen molar-refractivity contribution in [1.29, 1.82) is 0 Å². The van der Waals surface area contributed by atoms with Crippen molar-refractivity contribution < 1.29 is 14.0 Å². The zero-order chi connectivity index (χ0) is 26.3. The molecule has 3 aliphatic rings. The summed E-state index contributed by atoms with van der Waals surface area (Å²) in [5.74, 6) is -0.0743. The topological polar surface area (TPSA) is 80.5 Å². The average Bonchev–Trinajstić information content (AvgIpc) is 3.56. The summed E-state index contributed by atoms with van der Waals surface area (Å²) in [4.78, 5) is 35.3. The summed E-state index contributed by atoms with van der Waals surface area (Å²) in [6.07, 6.45) is 8.26. The number of amides is 2. The first kappa shape index (κ1) is 26.2. The number of rotatable bonds is 7. The highest BCUT2D eigenvalue weighted by Crippen LogP contribution is 2.51. The second-order valence-corrected chi connectivity index (χ2v) is 11.5. The van der Waals surface area contributed by atoms with E-state index < -0.39 is 11.6 Å². The number of likely N-dealkylation sites (N-methyl/N-ethyl adjacent to an activating group) is 2. The van der Waals surface area contributed by atoms with E-state index in [1.807, 2.05) is 19.2 Å². The van der Waals surface area contributed by atoms with Crippen LogP contribution < -0.4 is 10.6 Å². The molecule has 5 rings (SSSR count). The van der Waals surface area contributed by atoms with E-state index in [1.54, 1.807) is 13.1 Å². The molecule has 1 unspecified atom stereocenters. The van der Waals surface area contributed by atoms with Crippen LogP contribution in [-0.2, 0) is 9.59 Å². The van der Waals surface area contributed by atoms with Gasteiger partial charge in [0.1, 0.15) is 11.9 Å². The summed E-state index contributed by atoms with van der Waals surface area (Å²) in [5, 5.41) is 7.20. The van der Waals surface area contributed by atoms with E-state index in [0.717, 1.165) is 61.7 Å². The van der Waals surface area contributed by atoms with Gasteiger partial charge < -0.3 is 20.5 Å². The molecule has 202 valence electrons. The third-order valence-electron chi connectivity index (χ3n) is 9.68. The van der Waals surface area contributed by atoms with Crippen molar-refractivity contribution in [1.82, 2.24) is 25.4 Å². The van der Waals surface area contributed by atoms with Gasteiger partial charge in [-0.1, -0.05) is 26.2 Å². The lowest BCUT2D eigenvalue weighted by atomic mass is 9.78. The van der Waals surface area contributed by atoms with Crippen LogP contribution in [0.5, 0.6) is 0 Å². The number of benzene rings is 1. The van der Waals surface area contributed by atoms with Gasteiger partial charge in [0.2, 0.25) is 11.8 Å². The van der Waals surface area contributed by atoms with Gasteiger partial charge in [-0.05, 0) is 76.4 Å². The molecule has 0 spiro atoms. The standard InChI is InChI=1S/C29H42FN5O2/c1-5-34-17-23(22-16-32-24-15-20(30)11-12-21(22)24)29(3)25(34)13-14-35(29)28(37)26(19-9-7-6-8-10-19)33-27(36)18(2)31-4/h11-12,15-16,18-19,23,25-26,31-32H,5-10,13-14,17H2,1-4H3,(H,33,36)/t18-,23+,25+,26?,29+/m0/s1. The lowest BCUT2D eigenvalue weighted by molar-refractivity contribution is -0.142. The van der Waals surface area contributed by atoms with Crippen molar-refractivity contribution in [2.75, 3.05) is 26.7 Å². The van der Waals surface area contributed by atoms with E-state index in [4.69, 9.17) is 0 Å². The van der Waals surface area contributed by atoms with Crippen LogP contribution in [0.15, 0.2) is 24.4 Å². The summed E-state index contributed by atoms with van der Waals surface area (Å²) in [6.45, 7) is 8.70. The second-order valence-electron chi connectivity index (χ2n) is 11.5. The van der Waals surface area contributed by atoms with Crippen molar-refractivity contribution in [3.63, 3.8) is 0 Å². The van der Waals surface area contributed by atoms with Crippen LogP contribution in [0, 0.1) is 11.7 Å². The largest absolute Gasteiger partial charge is 0.361 e. The summed E-state index contributed by atoms with van der Waals surface area (Å²) in [6, 6.07) is 4.29. The molecule has 0 radical (unpaired) electrons. The highest BCUT2D eigenvalue weighted by Gasteiger charge is 2.60. The SMILES string of the molecule is CCN1C[C@H](c2c[nH]c3cc(F)ccc23)[C@]2(C)[C@H]1CCN2C(=O)C(NC(=O)[C@H](C)NC)C1CCCCC1. The first-order valence-electron chi connectivity index (χ1n) is 14.1. The van der Waals surface area contributed by atoms with Crippen LogP contribution in [0.3, 0.4) is 0 Å². The van der Waals surface area contributed by atoms with Gasteiger partial charge in [-0.15, -0.1) is 0 Å². The van der Waals surface area contributed by atoms with E-state index in [9.17, 15) is 14.0 Å². The van der Waals surface area contributed by atoms with Gasteiger partial charge in [0.05, 0.1) is 11.6 Å². The lowest BCUT2D eigenvalue weighted by Crippen LogP contribution is -2.61. The van der Waals surface area contributed by atoms with Gasteiger partial charge >= 0.3 is 0 Å². The zero-order valence-electron chi connectivity index (χ0n) is 22.6. The zero-order valence-corrected chi connectivity index (χ0v) is 22.6. The van der Waals surface area contributed by atoms with Crippen molar-refractivity contribution in [3.8, 4) is 0 Å². The van der Waals surface area contributed by atoms with E-state index in [1.165, 1.54) is 12.5 Å². The lowest BCUT2D eigenvalue weighted by Gasteiger charge is -2.43. The Labute approximate surface area is 219 Å². The molecule has 37 heavy (non-hydrogen) atoms. The maximum atomic E-state index is 14.5. The first-order chi connectivity index (χ1) is 17.8. The fraction of sp³-hybridized carbons (Fsp3) is 0.655. The molecule has 2 aliphatic heterocycles. The third-order valence-corrected chi connectivity index (χ3v) is 9.68. The predicted molar refractivity (Wildman–Crippen MR) is 144 cm³/mol. The van der Waals surface area contributed by atoms with Crippen molar-refractivity contribution in [2.24, 2.45) is 5.92 Å². The Balaban J connectivity index is 1.51. The first-order valence-corrected chi connectivity index (χ1v) is 14.1. The molecular weight excluding hydrogens is 469 g/mol. The molecule has 0 bridgehead atoms. The molecule has 1 aromatic carbocycles. The Morgan fingerprint density at radius 2 is 1.97 bits per heavy atom. The third kappa shape index (κ3) is 4.46. The molecule has 5 atom stereocenters. The number of nitrogens with zero attached hydrogens (tertiary/aromatic N) is 2. The van der Waals surface area contributed by atoms with Gasteiger partial charge in [0.25, 0.3) is 0 Å². The van der Waals surface area contributed by atoms with Crippen molar-refractivity contribution >= 4 is 22.7 Å². The number of aromatic nitrogens is 1. The molecule has 3 N–H and O–H groups in total. The maximum absolute atomic E-state index is 14.5. The van der Waals surface area contributed by atoms with Crippen LogP contribution in [0.25, 0.3) is 10.9 Å².